The van der Waals surface area contributed by atoms with Crippen molar-refractivity contribution in [2.75, 3.05) is 12.4 Å². The molecule has 0 saturated carbocycles. The van der Waals surface area contributed by atoms with Crippen LogP contribution in [0, 0.1) is 0 Å². The quantitative estimate of drug-likeness (QED) is 0.695. The lowest BCUT2D eigenvalue weighted by Crippen LogP contribution is -2.18. The molecule has 0 heterocycles. The number of aromatic hydroxyl groups is 1. The fraction of sp³-hybridized carbons (Fsp3) is 0.478. The Hall–Kier alpha value is -1.45. The lowest BCUT2D eigenvalue weighted by atomic mass is 9.83. The molecule has 1 unspecified atom stereocenters. The summed E-state index contributed by atoms with van der Waals surface area (Å²) in [6.45, 7) is 13.0. The third kappa shape index (κ3) is 4.83. The average molecular weight is 374 g/mol. The number of hydrogen-bond donors (Lipinski definition) is 2. The van der Waals surface area contributed by atoms with Gasteiger partial charge in [0.1, 0.15) is 5.75 Å². The first-order chi connectivity index (χ1) is 12.1. The van der Waals surface area contributed by atoms with Gasteiger partial charge in [0.15, 0.2) is 0 Å². The molecular formula is C23H32O2S. The van der Waals surface area contributed by atoms with Gasteiger partial charge < -0.3 is 10.2 Å². The average Bonchev–Trinajstić information content (AvgIpc) is 2.55. The van der Waals surface area contributed by atoms with Crippen molar-refractivity contribution in [3.05, 3.63) is 64.7 Å². The maximum Gasteiger partial charge on any atom is 0.123 e. The number of rotatable bonds is 5. The second kappa shape index (κ2) is 8.06. The number of phenolic OH excluding ortho intramolecular Hbond substituents is 1. The van der Waals surface area contributed by atoms with Gasteiger partial charge in [0, 0.05) is 5.75 Å². The van der Waals surface area contributed by atoms with Crippen LogP contribution in [0.5, 0.6) is 5.75 Å². The highest BCUT2D eigenvalue weighted by Gasteiger charge is 2.28. The maximum atomic E-state index is 11.0. The minimum absolute atomic E-state index is 0.131. The van der Waals surface area contributed by atoms with Crippen molar-refractivity contribution in [1.82, 2.24) is 0 Å². The molecule has 0 aliphatic rings. The standard InChI is InChI=1S/C23H32O2S/c1-22(2,3)18-14-17(15-19(20(18)25)23(4,5)6)21(26-13-12-24)16-10-8-7-9-11-16/h7-11,14-15,21,24-25H,12-13H2,1-6H3/i20+1. The largest absolute Gasteiger partial charge is 0.507 e. The molecule has 2 aromatic rings. The first kappa shape index (κ1) is 20.9. The van der Waals surface area contributed by atoms with Crippen molar-refractivity contribution in [3.63, 3.8) is 0 Å². The van der Waals surface area contributed by atoms with Gasteiger partial charge in [-0.05, 0) is 33.1 Å². The summed E-state index contributed by atoms with van der Waals surface area (Å²) in [6, 6.07) is 14.7. The van der Waals surface area contributed by atoms with Crippen LogP contribution in [0.2, 0.25) is 0 Å². The van der Waals surface area contributed by atoms with Gasteiger partial charge in [0.2, 0.25) is 0 Å². The van der Waals surface area contributed by atoms with Crippen LogP contribution in [-0.2, 0) is 10.8 Å². The fourth-order valence-corrected chi connectivity index (χ4v) is 4.15. The van der Waals surface area contributed by atoms with Crippen LogP contribution in [0.25, 0.3) is 0 Å². The smallest absolute Gasteiger partial charge is 0.123 e. The van der Waals surface area contributed by atoms with E-state index in [1.54, 1.807) is 11.8 Å². The first-order valence-electron chi connectivity index (χ1n) is 9.21. The van der Waals surface area contributed by atoms with Gasteiger partial charge in [-0.15, -0.1) is 11.8 Å². The van der Waals surface area contributed by atoms with Gasteiger partial charge in [-0.1, -0.05) is 84.0 Å². The molecule has 2 nitrogen and oxygen atoms in total. The second-order valence-electron chi connectivity index (χ2n) is 8.85. The molecule has 0 bridgehead atoms. The summed E-state index contributed by atoms with van der Waals surface area (Å²) in [5, 5.41) is 20.5. The summed E-state index contributed by atoms with van der Waals surface area (Å²) in [4.78, 5) is 0. The maximum absolute atomic E-state index is 11.0. The third-order valence-electron chi connectivity index (χ3n) is 4.53. The van der Waals surface area contributed by atoms with E-state index >= 15 is 0 Å². The van der Waals surface area contributed by atoms with E-state index in [1.807, 2.05) is 6.07 Å². The number of aliphatic hydroxyl groups excluding tert-OH is 1. The molecule has 2 aromatic carbocycles. The van der Waals surface area contributed by atoms with Gasteiger partial charge in [0.25, 0.3) is 0 Å². The fourth-order valence-electron chi connectivity index (χ4n) is 3.13. The molecule has 2 rings (SSSR count). The third-order valence-corrected chi connectivity index (χ3v) is 5.83. The van der Waals surface area contributed by atoms with Crippen LogP contribution in [0.4, 0.5) is 0 Å². The van der Waals surface area contributed by atoms with Gasteiger partial charge in [-0.2, -0.15) is 0 Å². The van der Waals surface area contributed by atoms with E-state index in [0.29, 0.717) is 11.5 Å². The number of phenols is 1. The molecule has 0 amide bonds. The number of benzene rings is 2. The van der Waals surface area contributed by atoms with E-state index < -0.39 is 0 Å². The van der Waals surface area contributed by atoms with E-state index in [1.165, 1.54) is 11.1 Å². The predicted molar refractivity (Wildman–Crippen MR) is 113 cm³/mol. The molecule has 0 radical (unpaired) electrons. The minimum atomic E-state index is -0.150. The Kier molecular flexibility index (Phi) is 6.46. The van der Waals surface area contributed by atoms with Crippen molar-refractivity contribution in [3.8, 4) is 5.75 Å². The number of thioether (sulfide) groups is 1. The van der Waals surface area contributed by atoms with Crippen molar-refractivity contribution in [2.24, 2.45) is 0 Å². The van der Waals surface area contributed by atoms with Crippen LogP contribution < -0.4 is 0 Å². The van der Waals surface area contributed by atoms with E-state index in [4.69, 9.17) is 0 Å². The molecule has 0 fully saturated rings. The van der Waals surface area contributed by atoms with Crippen molar-refractivity contribution >= 4 is 11.8 Å². The minimum Gasteiger partial charge on any atom is -0.507 e. The lowest BCUT2D eigenvalue weighted by molar-refractivity contribution is 0.322. The molecule has 2 N–H and O–H groups in total. The zero-order valence-corrected chi connectivity index (χ0v) is 17.7. The summed E-state index contributed by atoms with van der Waals surface area (Å²) < 4.78 is 0. The Morgan fingerprint density at radius 1 is 0.846 bits per heavy atom. The highest BCUT2D eigenvalue weighted by molar-refractivity contribution is 7.99. The summed E-state index contributed by atoms with van der Waals surface area (Å²) >= 11 is 1.74. The molecule has 0 aliphatic carbocycles. The van der Waals surface area contributed by atoms with Gasteiger partial charge in [0.05, 0.1) is 11.9 Å². The lowest BCUT2D eigenvalue weighted by Gasteiger charge is -2.30. The first-order valence-corrected chi connectivity index (χ1v) is 10.3. The zero-order valence-electron chi connectivity index (χ0n) is 16.8. The van der Waals surface area contributed by atoms with Gasteiger partial charge in [-0.3, -0.25) is 0 Å². The Balaban J connectivity index is 2.68. The molecule has 142 valence electrons. The number of aliphatic hydroxyl groups is 1. The highest BCUT2D eigenvalue weighted by Crippen LogP contribution is 2.44. The predicted octanol–water partition coefficient (Wildman–Crippen LogP) is 5.80. The number of hydrogen-bond acceptors (Lipinski definition) is 3. The van der Waals surface area contributed by atoms with Crippen LogP contribution >= 0.6 is 11.8 Å². The van der Waals surface area contributed by atoms with Gasteiger partial charge in [-0.25, -0.2) is 0 Å². The molecule has 0 spiro atoms. The molecular weight excluding hydrogens is 341 g/mol. The molecule has 0 aliphatic heterocycles. The molecule has 0 saturated heterocycles. The summed E-state index contributed by atoms with van der Waals surface area (Å²) in [7, 11) is 0. The van der Waals surface area contributed by atoms with Crippen molar-refractivity contribution in [2.45, 2.75) is 57.6 Å². The van der Waals surface area contributed by atoms with E-state index in [-0.39, 0.29) is 22.7 Å². The zero-order chi connectivity index (χ0) is 19.5. The normalized spacial score (nSPS) is 13.7. The Labute approximate surface area is 162 Å². The monoisotopic (exact) mass is 373 g/mol. The molecule has 3 heteroatoms. The molecule has 26 heavy (non-hydrogen) atoms. The Morgan fingerprint density at radius 3 is 1.77 bits per heavy atom. The molecule has 1 atom stereocenters. The van der Waals surface area contributed by atoms with Crippen LogP contribution in [-0.4, -0.2) is 22.6 Å². The van der Waals surface area contributed by atoms with Gasteiger partial charge >= 0.3 is 0 Å². The summed E-state index contributed by atoms with van der Waals surface area (Å²) in [5.74, 6) is 1.09. The van der Waals surface area contributed by atoms with Crippen molar-refractivity contribution < 1.29 is 10.2 Å². The Morgan fingerprint density at radius 2 is 1.35 bits per heavy atom. The molecule has 0 aromatic heterocycles. The van der Waals surface area contributed by atoms with E-state index in [9.17, 15) is 10.2 Å². The Bertz CT molecular complexity index is 689. The second-order valence-corrected chi connectivity index (χ2v) is 10.1. The SMILES string of the molecule is CC(C)(C)c1cc(C(SCCO)c2ccccc2)cc(C(C)(C)C)[13c]1O. The topological polar surface area (TPSA) is 40.5 Å². The summed E-state index contributed by atoms with van der Waals surface area (Å²) in [6.07, 6.45) is 0. The van der Waals surface area contributed by atoms with Crippen LogP contribution in [0.1, 0.15) is 69.0 Å². The summed E-state index contributed by atoms with van der Waals surface area (Å²) in [5.41, 5.74) is 4.06. The van der Waals surface area contributed by atoms with Crippen LogP contribution in [0.3, 0.4) is 0 Å². The van der Waals surface area contributed by atoms with Crippen molar-refractivity contribution in [1.29, 1.82) is 0 Å². The highest BCUT2D eigenvalue weighted by atomic mass is 32.2. The van der Waals surface area contributed by atoms with Crippen LogP contribution in [0.15, 0.2) is 42.5 Å². The van der Waals surface area contributed by atoms with E-state index in [0.717, 1.165) is 11.1 Å². The van der Waals surface area contributed by atoms with E-state index in [2.05, 4.69) is 77.9 Å².